The van der Waals surface area contributed by atoms with Crippen LogP contribution in [0.25, 0.3) is 0 Å². The van der Waals surface area contributed by atoms with Gasteiger partial charge >= 0.3 is 0 Å². The lowest BCUT2D eigenvalue weighted by Crippen LogP contribution is -2.37. The number of aliphatic imine (C=N–C) groups is 1. The first-order valence-electron chi connectivity index (χ1n) is 11.0. The molecule has 0 radical (unpaired) electrons. The van der Waals surface area contributed by atoms with Gasteiger partial charge in [-0.3, -0.25) is 19.4 Å². The van der Waals surface area contributed by atoms with Crippen molar-refractivity contribution in [3.8, 4) is 0 Å². The predicted molar refractivity (Wildman–Crippen MR) is 122 cm³/mol. The molecule has 2 aliphatic carbocycles. The van der Waals surface area contributed by atoms with E-state index in [4.69, 9.17) is 5.73 Å². The largest absolute Gasteiger partial charge is 0.511 e. The van der Waals surface area contributed by atoms with Crippen LogP contribution in [0.2, 0.25) is 0 Å². The van der Waals surface area contributed by atoms with Gasteiger partial charge in [0.05, 0.1) is 17.7 Å². The van der Waals surface area contributed by atoms with E-state index in [1.54, 1.807) is 13.8 Å². The highest BCUT2D eigenvalue weighted by molar-refractivity contribution is 6.23. The Hall–Kier alpha value is -2.28. The first-order chi connectivity index (χ1) is 14.3. The molecule has 1 saturated carbocycles. The van der Waals surface area contributed by atoms with E-state index in [1.807, 2.05) is 32.6 Å². The highest BCUT2D eigenvalue weighted by atomic mass is 16.3. The van der Waals surface area contributed by atoms with E-state index in [2.05, 4.69) is 4.99 Å². The summed E-state index contributed by atoms with van der Waals surface area (Å²) in [7, 11) is 0. The summed E-state index contributed by atoms with van der Waals surface area (Å²) in [5, 5.41) is 10.4. The molecule has 3 N–H and O–H groups in total. The fourth-order valence-electron chi connectivity index (χ4n) is 4.54. The van der Waals surface area contributed by atoms with Crippen LogP contribution in [-0.4, -0.2) is 59.2 Å². The number of Topliss-reactive ketones (excluding diaryl/α,β-unsaturated/α-hetero) is 3. The average Bonchev–Trinajstić information content (AvgIpc) is 2.57. The Balaban J connectivity index is 2.18. The summed E-state index contributed by atoms with van der Waals surface area (Å²) in [6.07, 6.45) is 1.53. The lowest BCUT2D eigenvalue weighted by atomic mass is 9.73. The molecule has 0 aromatic rings. The van der Waals surface area contributed by atoms with Gasteiger partial charge in [0.25, 0.3) is 0 Å². The van der Waals surface area contributed by atoms with Crippen molar-refractivity contribution in [2.24, 2.45) is 21.6 Å². The lowest BCUT2D eigenvalue weighted by Gasteiger charge is -2.32. The monoisotopic (exact) mass is 431 g/mol. The summed E-state index contributed by atoms with van der Waals surface area (Å²) < 4.78 is 0. The zero-order valence-corrected chi connectivity index (χ0v) is 19.8. The van der Waals surface area contributed by atoms with Gasteiger partial charge in [0.2, 0.25) is 0 Å². The second-order valence-electron chi connectivity index (χ2n) is 10.3. The van der Waals surface area contributed by atoms with Gasteiger partial charge < -0.3 is 15.7 Å². The first-order valence-corrected chi connectivity index (χ1v) is 11.0. The molecular weight excluding hydrogens is 394 g/mol. The Labute approximate surface area is 185 Å². The van der Waals surface area contributed by atoms with Crippen LogP contribution in [0.15, 0.2) is 27.6 Å². The van der Waals surface area contributed by atoms with Crippen LogP contribution >= 0.6 is 0 Å². The minimum atomic E-state index is -0.311. The van der Waals surface area contributed by atoms with E-state index in [1.165, 1.54) is 0 Å². The smallest absolute Gasteiger partial charge is 0.168 e. The van der Waals surface area contributed by atoms with Crippen molar-refractivity contribution >= 4 is 23.1 Å². The Morgan fingerprint density at radius 1 is 0.935 bits per heavy atom. The minimum absolute atomic E-state index is 0.0897. The Morgan fingerprint density at radius 2 is 1.45 bits per heavy atom. The third kappa shape index (κ3) is 6.12. The number of nitrogens with two attached hydrogens (primary N) is 1. The molecule has 0 amide bonds. The van der Waals surface area contributed by atoms with Gasteiger partial charge in [0.15, 0.2) is 17.3 Å². The first kappa shape index (κ1) is 25.0. The van der Waals surface area contributed by atoms with Crippen LogP contribution in [0.1, 0.15) is 67.2 Å². The fraction of sp³-hybridized carbons (Fsp3) is 0.667. The van der Waals surface area contributed by atoms with Crippen molar-refractivity contribution < 1.29 is 19.5 Å². The number of hydrogen-bond acceptors (Lipinski definition) is 7. The lowest BCUT2D eigenvalue weighted by molar-refractivity contribution is -0.127. The van der Waals surface area contributed by atoms with E-state index >= 15 is 0 Å². The number of carbonyl (C=O) groups excluding carboxylic acids is 3. The summed E-state index contributed by atoms with van der Waals surface area (Å²) in [4.78, 5) is 44.2. The molecule has 0 saturated heterocycles. The zero-order chi connectivity index (χ0) is 23.6. The molecular formula is C24H37N3O4. The summed E-state index contributed by atoms with van der Waals surface area (Å²) in [6, 6.07) is 0. The van der Waals surface area contributed by atoms with Crippen molar-refractivity contribution in [3.63, 3.8) is 0 Å². The maximum Gasteiger partial charge on any atom is 0.168 e. The molecule has 172 valence electrons. The molecule has 0 atom stereocenters. The summed E-state index contributed by atoms with van der Waals surface area (Å²) in [5.41, 5.74) is 6.96. The Morgan fingerprint density at radius 3 is 1.97 bits per heavy atom. The standard InChI is InChI=1S/C24H37N3O4/c1-15(21-17(28)11-23(3,4)12-18(21)29)26-8-10-27(9-7-25)16(2)22-19(30)13-24(5,6)14-20(22)31/h28H,7-14,25H2,1-6H3. The van der Waals surface area contributed by atoms with Crippen LogP contribution in [-0.2, 0) is 14.4 Å². The van der Waals surface area contributed by atoms with E-state index in [0.717, 1.165) is 0 Å². The van der Waals surface area contributed by atoms with Crippen LogP contribution in [0.5, 0.6) is 0 Å². The van der Waals surface area contributed by atoms with Gasteiger partial charge in [0, 0.05) is 56.7 Å². The van der Waals surface area contributed by atoms with E-state index < -0.39 is 0 Å². The van der Waals surface area contributed by atoms with Crippen molar-refractivity contribution in [2.75, 3.05) is 26.2 Å². The molecule has 7 nitrogen and oxygen atoms in total. The van der Waals surface area contributed by atoms with Crippen molar-refractivity contribution in [1.82, 2.24) is 4.90 Å². The molecule has 0 unspecified atom stereocenters. The highest BCUT2D eigenvalue weighted by Crippen LogP contribution is 2.36. The molecule has 2 aliphatic rings. The molecule has 0 bridgehead atoms. The number of ketones is 3. The van der Waals surface area contributed by atoms with Gasteiger partial charge in [0.1, 0.15) is 5.76 Å². The molecule has 0 aliphatic heterocycles. The average molecular weight is 432 g/mol. The number of aliphatic hydroxyl groups excluding tert-OH is 1. The topological polar surface area (TPSA) is 113 Å². The number of allylic oxidation sites excluding steroid dienone is 4. The quantitative estimate of drug-likeness (QED) is 0.364. The number of carbonyl (C=O) groups is 3. The Bertz CT molecular complexity index is 840. The molecule has 0 aromatic heterocycles. The van der Waals surface area contributed by atoms with Gasteiger partial charge in [-0.2, -0.15) is 0 Å². The molecule has 2 rings (SSSR count). The molecule has 7 heteroatoms. The van der Waals surface area contributed by atoms with Gasteiger partial charge in [-0.15, -0.1) is 0 Å². The summed E-state index contributed by atoms with van der Waals surface area (Å²) in [6.45, 7) is 13.0. The third-order valence-electron chi connectivity index (χ3n) is 6.00. The maximum atomic E-state index is 12.6. The number of rotatable bonds is 7. The van der Waals surface area contributed by atoms with Crippen molar-refractivity contribution in [1.29, 1.82) is 0 Å². The van der Waals surface area contributed by atoms with Crippen LogP contribution in [0.4, 0.5) is 0 Å². The normalized spacial score (nSPS) is 21.6. The SMILES string of the molecule is CC(=NCCN(CCN)C(C)=C1C(=O)CC(C)(C)CC1=O)C1=C(O)CC(C)(C)CC1=O. The Kier molecular flexibility index (Phi) is 7.63. The third-order valence-corrected chi connectivity index (χ3v) is 6.00. The second-order valence-corrected chi connectivity index (χ2v) is 10.3. The van der Waals surface area contributed by atoms with Crippen LogP contribution in [0.3, 0.4) is 0 Å². The van der Waals surface area contributed by atoms with Crippen LogP contribution in [0, 0.1) is 10.8 Å². The number of aliphatic hydroxyl groups is 1. The van der Waals surface area contributed by atoms with Gasteiger partial charge in [-0.25, -0.2) is 0 Å². The molecule has 0 spiro atoms. The van der Waals surface area contributed by atoms with Crippen molar-refractivity contribution in [3.05, 3.63) is 22.6 Å². The van der Waals surface area contributed by atoms with Crippen LogP contribution < -0.4 is 5.73 Å². The number of hydrogen-bond donors (Lipinski definition) is 2. The van der Waals surface area contributed by atoms with E-state index in [0.29, 0.717) is 68.8 Å². The predicted octanol–water partition coefficient (Wildman–Crippen LogP) is 3.14. The minimum Gasteiger partial charge on any atom is -0.511 e. The van der Waals surface area contributed by atoms with Gasteiger partial charge in [-0.1, -0.05) is 27.7 Å². The van der Waals surface area contributed by atoms with E-state index in [9.17, 15) is 19.5 Å². The zero-order valence-electron chi connectivity index (χ0n) is 19.8. The molecule has 0 heterocycles. The van der Waals surface area contributed by atoms with Crippen molar-refractivity contribution in [2.45, 2.75) is 67.2 Å². The fourth-order valence-corrected chi connectivity index (χ4v) is 4.54. The highest BCUT2D eigenvalue weighted by Gasteiger charge is 2.37. The molecule has 0 aromatic carbocycles. The van der Waals surface area contributed by atoms with Gasteiger partial charge in [-0.05, 0) is 24.7 Å². The second kappa shape index (κ2) is 9.47. The number of nitrogens with zero attached hydrogens (tertiary/aromatic N) is 2. The summed E-state index contributed by atoms with van der Waals surface area (Å²) >= 11 is 0. The summed E-state index contributed by atoms with van der Waals surface area (Å²) in [5.74, 6) is -0.231. The molecule has 31 heavy (non-hydrogen) atoms. The van der Waals surface area contributed by atoms with E-state index in [-0.39, 0.29) is 39.5 Å². The maximum absolute atomic E-state index is 12.6. The molecule has 1 fully saturated rings.